The molecule has 1 aliphatic rings. The zero-order chi connectivity index (χ0) is 25.8. The highest BCUT2D eigenvalue weighted by Gasteiger charge is 2.31. The molecule has 0 radical (unpaired) electrons. The van der Waals surface area contributed by atoms with Gasteiger partial charge in [-0.05, 0) is 36.2 Å². The fraction of sp³-hybridized carbons (Fsp3) is 0.280. The van der Waals surface area contributed by atoms with Gasteiger partial charge in [0.25, 0.3) is 5.89 Å². The number of rotatable bonds is 9. The second kappa shape index (κ2) is 12.0. The number of benzene rings is 2. The molecule has 0 aliphatic carbocycles. The maximum atomic E-state index is 12.8. The van der Waals surface area contributed by atoms with Crippen LogP contribution in [-0.4, -0.2) is 60.3 Å². The molecule has 2 aromatic heterocycles. The number of halogens is 1. The first-order valence-electron chi connectivity index (χ1n) is 11.7. The van der Waals surface area contributed by atoms with Gasteiger partial charge in [0.05, 0.1) is 28.6 Å². The molecule has 2 unspecified atom stereocenters. The van der Waals surface area contributed by atoms with Crippen LogP contribution in [0.15, 0.2) is 64.0 Å². The molecule has 0 bridgehead atoms. The summed E-state index contributed by atoms with van der Waals surface area (Å²) in [6.45, 7) is 1.10. The Morgan fingerprint density at radius 3 is 2.42 bits per heavy atom. The zero-order valence-corrected chi connectivity index (χ0v) is 22.7. The first-order valence-corrected chi connectivity index (χ1v) is 13.2. The molecule has 0 amide bonds. The molecule has 3 heterocycles. The van der Waals surface area contributed by atoms with Crippen LogP contribution in [0.25, 0.3) is 34.3 Å². The summed E-state index contributed by atoms with van der Waals surface area (Å²) in [5, 5.41) is 10.7. The summed E-state index contributed by atoms with van der Waals surface area (Å²) >= 11 is 0. The van der Waals surface area contributed by atoms with Crippen molar-refractivity contribution < 1.29 is 22.0 Å². The molecule has 38 heavy (non-hydrogen) atoms. The lowest BCUT2D eigenvalue weighted by atomic mass is 10.1. The minimum absolute atomic E-state index is 0. The molecule has 200 valence electrons. The number of hydrogen-bond acceptors (Lipinski definition) is 10. The second-order valence-electron chi connectivity index (χ2n) is 8.52. The van der Waals surface area contributed by atoms with Gasteiger partial charge >= 0.3 is 0 Å². The van der Waals surface area contributed by atoms with Gasteiger partial charge < -0.3 is 20.2 Å². The Kier molecular flexibility index (Phi) is 8.78. The third kappa shape index (κ3) is 5.88. The summed E-state index contributed by atoms with van der Waals surface area (Å²) in [4.78, 5) is 9.00. The van der Waals surface area contributed by atoms with Crippen molar-refractivity contribution in [2.45, 2.75) is 23.1 Å². The topological polar surface area (TPSA) is 146 Å². The van der Waals surface area contributed by atoms with Gasteiger partial charge in [-0.15, -0.1) is 10.2 Å². The number of ether oxygens (including phenoxy) is 1. The van der Waals surface area contributed by atoms with Crippen molar-refractivity contribution in [2.24, 2.45) is 0 Å². The van der Waals surface area contributed by atoms with Crippen molar-refractivity contribution in [1.82, 2.24) is 25.5 Å². The lowest BCUT2D eigenvalue weighted by Gasteiger charge is -2.10. The Bertz CT molecular complexity index is 1480. The maximum absolute atomic E-state index is 12.8. The van der Waals surface area contributed by atoms with E-state index in [0.29, 0.717) is 42.9 Å². The van der Waals surface area contributed by atoms with E-state index in [1.807, 2.05) is 24.3 Å². The Hall–Kier alpha value is -3.31. The number of aromatic nitrogens is 4. The van der Waals surface area contributed by atoms with E-state index >= 15 is 0 Å². The first-order chi connectivity index (χ1) is 18.0. The largest absolute Gasteiger partial charge is 0.414 e. The van der Waals surface area contributed by atoms with E-state index in [9.17, 15) is 12.8 Å². The normalized spacial score (nSPS) is 15.3. The van der Waals surface area contributed by atoms with Gasteiger partial charge in [0.15, 0.2) is 21.3 Å². The van der Waals surface area contributed by atoms with Crippen LogP contribution in [-0.2, 0) is 21.1 Å². The first kappa shape index (κ1) is 27.7. The Balaban J connectivity index is 0.00000336. The van der Waals surface area contributed by atoms with E-state index in [1.165, 1.54) is 6.20 Å². The van der Waals surface area contributed by atoms with Gasteiger partial charge in [-0.3, -0.25) is 0 Å². The zero-order valence-electron chi connectivity index (χ0n) is 20.5. The lowest BCUT2D eigenvalue weighted by Crippen LogP contribution is -2.21. The molecule has 10 nitrogen and oxygen atoms in total. The molecule has 0 saturated carbocycles. The van der Waals surface area contributed by atoms with Crippen molar-refractivity contribution in [3.05, 3.63) is 60.3 Å². The molecule has 13 heteroatoms. The maximum Gasteiger partial charge on any atom is 0.270 e. The molecule has 3 N–H and O–H groups in total. The van der Waals surface area contributed by atoms with Gasteiger partial charge in [-0.1, -0.05) is 24.3 Å². The summed E-state index contributed by atoms with van der Waals surface area (Å²) in [6.07, 6.45) is 1.99. The smallest absolute Gasteiger partial charge is 0.270 e. The van der Waals surface area contributed by atoms with E-state index in [4.69, 9.17) is 14.9 Å². The number of nitrogen functional groups attached to an aromatic ring is 1. The summed E-state index contributed by atoms with van der Waals surface area (Å²) in [5.41, 5.74) is 9.11. The third-order valence-corrected chi connectivity index (χ3v) is 8.21. The minimum atomic E-state index is -3.46. The number of nitrogens with two attached hydrogens (primary N) is 1. The van der Waals surface area contributed by atoms with Crippen LogP contribution >= 0.6 is 9.90 Å². The molecular weight excluding hydrogens is 530 g/mol. The van der Waals surface area contributed by atoms with Crippen molar-refractivity contribution in [3.63, 3.8) is 0 Å². The number of anilines is 1. The van der Waals surface area contributed by atoms with Crippen molar-refractivity contribution in [3.8, 4) is 34.3 Å². The van der Waals surface area contributed by atoms with Crippen molar-refractivity contribution in [1.29, 1.82) is 0 Å². The van der Waals surface area contributed by atoms with E-state index in [1.54, 1.807) is 24.3 Å². The van der Waals surface area contributed by atoms with Crippen LogP contribution in [0.3, 0.4) is 0 Å². The summed E-state index contributed by atoms with van der Waals surface area (Å²) in [6, 6.07) is 13.9. The monoisotopic (exact) mass is 558 g/mol. The average molecular weight is 559 g/mol. The van der Waals surface area contributed by atoms with Crippen LogP contribution in [0.2, 0.25) is 0 Å². The third-order valence-electron chi connectivity index (χ3n) is 6.04. The van der Waals surface area contributed by atoms with Crippen LogP contribution in [0.5, 0.6) is 0 Å². The van der Waals surface area contributed by atoms with E-state index in [2.05, 4.69) is 25.5 Å². The van der Waals surface area contributed by atoms with Crippen molar-refractivity contribution >= 4 is 25.6 Å². The van der Waals surface area contributed by atoms with Gasteiger partial charge in [0.2, 0.25) is 5.89 Å². The van der Waals surface area contributed by atoms with Gasteiger partial charge in [0.1, 0.15) is 6.67 Å². The Morgan fingerprint density at radius 2 is 1.74 bits per heavy atom. The SMILES string of the molecule is Nc1ncc(-c2ccc(S(=O)(=O)C3CCOC3)cc2)nc1-c1nnc(-c2ccc(CNCCF)cc2)o1.P. The highest BCUT2D eigenvalue weighted by atomic mass is 32.2. The quantitative estimate of drug-likeness (QED) is 0.232. The molecule has 2 aromatic carbocycles. The number of alkyl halides is 1. The van der Waals surface area contributed by atoms with E-state index in [0.717, 1.165) is 5.56 Å². The Labute approximate surface area is 222 Å². The number of sulfone groups is 1. The minimum Gasteiger partial charge on any atom is -0.414 e. The predicted octanol–water partition coefficient (Wildman–Crippen LogP) is 3.12. The van der Waals surface area contributed by atoms with Gasteiger partial charge in [0, 0.05) is 30.8 Å². The highest BCUT2D eigenvalue weighted by molar-refractivity contribution is 7.92. The fourth-order valence-corrected chi connectivity index (χ4v) is 5.54. The lowest BCUT2D eigenvalue weighted by molar-refractivity contribution is 0.198. The second-order valence-corrected chi connectivity index (χ2v) is 10.7. The molecule has 1 fully saturated rings. The highest BCUT2D eigenvalue weighted by Crippen LogP contribution is 2.29. The van der Waals surface area contributed by atoms with Gasteiger partial charge in [-0.2, -0.15) is 9.90 Å². The average Bonchev–Trinajstić information content (AvgIpc) is 3.63. The fourth-order valence-electron chi connectivity index (χ4n) is 3.96. The van der Waals surface area contributed by atoms with Crippen molar-refractivity contribution in [2.75, 3.05) is 32.2 Å². The molecule has 1 saturated heterocycles. The number of nitrogens with zero attached hydrogens (tertiary/aromatic N) is 4. The van der Waals surface area contributed by atoms with Crippen LogP contribution in [0.4, 0.5) is 10.2 Å². The molecule has 1 aliphatic heterocycles. The predicted molar refractivity (Wildman–Crippen MR) is 146 cm³/mol. The standard InChI is InChI=1S/C25H25FN6O4S.H3P/c26-10-11-28-13-16-1-3-18(4-2-16)24-31-32-25(36-24)22-23(27)29-14-21(30-22)17-5-7-19(8-6-17)37(33,34)20-9-12-35-15-20;/h1-8,14,20,28H,9-13,15H2,(H2,27,29);1H3. The molecule has 2 atom stereocenters. The molecular formula is C25H28FN6O4PS. The summed E-state index contributed by atoms with van der Waals surface area (Å²) in [5.74, 6) is 0.514. The van der Waals surface area contributed by atoms with Crippen LogP contribution in [0, 0.1) is 0 Å². The number of hydrogen-bond donors (Lipinski definition) is 2. The number of nitrogens with one attached hydrogen (secondary N) is 1. The molecule has 5 rings (SSSR count). The molecule has 4 aromatic rings. The van der Waals surface area contributed by atoms with E-state index < -0.39 is 21.8 Å². The van der Waals surface area contributed by atoms with Gasteiger partial charge in [-0.25, -0.2) is 22.8 Å². The summed E-state index contributed by atoms with van der Waals surface area (Å²) in [7, 11) is -3.46. The Morgan fingerprint density at radius 1 is 1.03 bits per heavy atom. The molecule has 0 spiro atoms. The van der Waals surface area contributed by atoms with Crippen LogP contribution < -0.4 is 11.1 Å². The summed E-state index contributed by atoms with van der Waals surface area (Å²) < 4.78 is 48.9. The van der Waals surface area contributed by atoms with Crippen LogP contribution in [0.1, 0.15) is 12.0 Å². The van der Waals surface area contributed by atoms with E-state index in [-0.39, 0.29) is 44.7 Å².